The smallest absolute Gasteiger partial charge is 0.238 e. The number of rotatable bonds is 7. The lowest BCUT2D eigenvalue weighted by Gasteiger charge is -2.07. The van der Waals surface area contributed by atoms with Crippen LogP contribution >= 0.6 is 27.7 Å². The molecule has 0 amide bonds. The van der Waals surface area contributed by atoms with Gasteiger partial charge in [0.2, 0.25) is 15.9 Å². The maximum absolute atomic E-state index is 13.4. The number of nitrogens with two attached hydrogens (primary N) is 1. The number of hydrogen-bond donors (Lipinski definition) is 3. The summed E-state index contributed by atoms with van der Waals surface area (Å²) in [4.78, 5) is 0.0456. The van der Waals surface area contributed by atoms with Gasteiger partial charge < -0.3 is 10.5 Å². The summed E-state index contributed by atoms with van der Waals surface area (Å²) < 4.78 is 41.0. The third-order valence-corrected chi connectivity index (χ3v) is 6.33. The Morgan fingerprint density at radius 1 is 1.27 bits per heavy atom. The number of aryl methyl sites for hydroxylation is 1. The molecule has 0 saturated heterocycles. The molecule has 3 aromatic rings. The molecule has 0 atom stereocenters. The monoisotopic (exact) mass is 515 g/mol. The number of oxime groups is 1. The average molecular weight is 516 g/mol. The minimum absolute atomic E-state index is 0.0187. The molecule has 0 aliphatic heterocycles. The van der Waals surface area contributed by atoms with E-state index in [0.717, 1.165) is 5.56 Å². The molecule has 0 bridgehead atoms. The second kappa shape index (κ2) is 9.55. The molecule has 158 valence electrons. The molecule has 0 spiro atoms. The van der Waals surface area contributed by atoms with Crippen LogP contribution in [0, 0.1) is 5.82 Å². The third-order valence-electron chi connectivity index (χ3n) is 3.85. The molecule has 30 heavy (non-hydrogen) atoms. The van der Waals surface area contributed by atoms with Crippen molar-refractivity contribution in [1.82, 2.24) is 10.3 Å². The van der Waals surface area contributed by atoms with Crippen LogP contribution in [-0.2, 0) is 16.4 Å². The molecule has 13 heteroatoms. The predicted molar refractivity (Wildman–Crippen MR) is 113 cm³/mol. The summed E-state index contributed by atoms with van der Waals surface area (Å²) in [6.07, 6.45) is 0.603. The molecular formula is C17H15BrFN5O4S2. The first kappa shape index (κ1) is 22.2. The molecule has 0 fully saturated rings. The first-order chi connectivity index (χ1) is 14.3. The van der Waals surface area contributed by atoms with Crippen molar-refractivity contribution in [3.05, 3.63) is 64.0 Å². The number of anilines is 1. The van der Waals surface area contributed by atoms with E-state index in [4.69, 9.17) is 9.77 Å². The molecule has 2 aromatic carbocycles. The lowest BCUT2D eigenvalue weighted by molar-refractivity contribution is 0.297. The molecule has 0 radical (unpaired) electrons. The number of benzene rings is 2. The Morgan fingerprint density at radius 2 is 2.00 bits per heavy atom. The topological polar surface area (TPSA) is 144 Å². The molecule has 0 aliphatic carbocycles. The van der Waals surface area contributed by atoms with Gasteiger partial charge in [-0.25, -0.2) is 22.6 Å². The molecule has 0 aliphatic rings. The number of nitrogens with zero attached hydrogens (tertiary/aromatic N) is 3. The fraction of sp³-hybridized carbons (Fsp3) is 0.118. The summed E-state index contributed by atoms with van der Waals surface area (Å²) in [6, 6.07) is 10.4. The molecule has 1 heterocycles. The molecular weight excluding hydrogens is 501 g/mol. The Morgan fingerprint density at radius 3 is 2.63 bits per heavy atom. The van der Waals surface area contributed by atoms with E-state index in [2.05, 4.69) is 36.7 Å². The van der Waals surface area contributed by atoms with Gasteiger partial charge in [0, 0.05) is 11.4 Å². The van der Waals surface area contributed by atoms with Crippen molar-refractivity contribution in [3.8, 4) is 0 Å². The van der Waals surface area contributed by atoms with E-state index in [-0.39, 0.29) is 20.9 Å². The molecule has 0 saturated carbocycles. The summed E-state index contributed by atoms with van der Waals surface area (Å²) in [6.45, 7) is 0. The number of primary sulfonamides is 1. The predicted octanol–water partition coefficient (Wildman–Crippen LogP) is 3.20. The Hall–Kier alpha value is -2.48. The van der Waals surface area contributed by atoms with Gasteiger partial charge in [-0.2, -0.15) is 0 Å². The third kappa shape index (κ3) is 5.56. The van der Waals surface area contributed by atoms with Crippen LogP contribution in [0.15, 0.2) is 66.6 Å². The first-order valence-corrected chi connectivity index (χ1v) is 11.6. The fourth-order valence-corrected chi connectivity index (χ4v) is 4.16. The highest BCUT2D eigenvalue weighted by atomic mass is 79.9. The van der Waals surface area contributed by atoms with Crippen LogP contribution in [0.5, 0.6) is 0 Å². The van der Waals surface area contributed by atoms with Crippen LogP contribution in [0.2, 0.25) is 0 Å². The van der Waals surface area contributed by atoms with Crippen molar-refractivity contribution in [2.75, 3.05) is 11.1 Å². The highest BCUT2D eigenvalue weighted by Gasteiger charge is 2.18. The maximum atomic E-state index is 13.4. The zero-order chi connectivity index (χ0) is 21.7. The lowest BCUT2D eigenvalue weighted by Crippen LogP contribution is -2.15. The number of thioether (sulfide) groups is 1. The van der Waals surface area contributed by atoms with Crippen molar-refractivity contribution < 1.29 is 22.6 Å². The fourth-order valence-electron chi connectivity index (χ4n) is 2.37. The summed E-state index contributed by atoms with van der Waals surface area (Å²) in [5.74, 6) is 0.116. The van der Waals surface area contributed by atoms with Crippen LogP contribution in [0.25, 0.3) is 0 Å². The molecule has 0 unspecified atom stereocenters. The Kier molecular flexibility index (Phi) is 7.07. The second-order valence-electron chi connectivity index (χ2n) is 5.91. The van der Waals surface area contributed by atoms with Crippen LogP contribution < -0.4 is 10.5 Å². The quantitative estimate of drug-likeness (QED) is 0.143. The van der Waals surface area contributed by atoms with Crippen molar-refractivity contribution >= 4 is 49.2 Å². The van der Waals surface area contributed by atoms with Gasteiger partial charge >= 0.3 is 0 Å². The van der Waals surface area contributed by atoms with Crippen molar-refractivity contribution in [3.63, 3.8) is 0 Å². The number of halogens is 2. The minimum atomic E-state index is -3.73. The van der Waals surface area contributed by atoms with E-state index in [1.807, 2.05) is 0 Å². The molecule has 1 aromatic heterocycles. The van der Waals surface area contributed by atoms with E-state index < -0.39 is 15.8 Å². The zero-order valence-corrected chi connectivity index (χ0v) is 18.3. The number of aromatic nitrogens is 2. The van der Waals surface area contributed by atoms with Gasteiger partial charge in [-0.1, -0.05) is 17.3 Å². The average Bonchev–Trinajstić information content (AvgIpc) is 3.17. The number of amidine groups is 1. The molecule has 3 rings (SSSR count). The highest BCUT2D eigenvalue weighted by Crippen LogP contribution is 2.24. The van der Waals surface area contributed by atoms with Crippen LogP contribution in [-0.4, -0.2) is 35.5 Å². The minimum Gasteiger partial charge on any atom is -0.409 e. The largest absolute Gasteiger partial charge is 0.409 e. The first-order valence-electron chi connectivity index (χ1n) is 8.29. The van der Waals surface area contributed by atoms with Gasteiger partial charge in [0.05, 0.1) is 9.37 Å². The maximum Gasteiger partial charge on any atom is 0.238 e. The standard InChI is InChI=1S/C17H15BrFN5O4S2/c18-13-9-11(3-6-14(13)19)21-16(22-25)15-17(24-28-23-15)29-8-7-10-1-4-12(5-2-10)30(20,26)27/h1-6,9,25H,7-8H2,(H,21,22)(H2,20,26,27). The highest BCUT2D eigenvalue weighted by molar-refractivity contribution is 9.10. The number of nitrogens with one attached hydrogen (secondary N) is 1. The summed E-state index contributed by atoms with van der Waals surface area (Å²) >= 11 is 4.39. The summed E-state index contributed by atoms with van der Waals surface area (Å²) in [5, 5.41) is 28.4. The normalized spacial score (nSPS) is 12.2. The van der Waals surface area contributed by atoms with Crippen molar-refractivity contribution in [1.29, 1.82) is 0 Å². The van der Waals surface area contributed by atoms with Gasteiger partial charge in [-0.3, -0.25) is 0 Å². The van der Waals surface area contributed by atoms with Gasteiger partial charge in [0.15, 0.2) is 10.7 Å². The zero-order valence-electron chi connectivity index (χ0n) is 15.1. The van der Waals surface area contributed by atoms with Crippen molar-refractivity contribution in [2.45, 2.75) is 16.3 Å². The van der Waals surface area contributed by atoms with Crippen molar-refractivity contribution in [2.24, 2.45) is 10.3 Å². The van der Waals surface area contributed by atoms with E-state index in [1.165, 1.54) is 42.1 Å². The SMILES string of the molecule is NS(=O)(=O)c1ccc(CCSc2nonc2/C(=N/O)Nc2ccc(F)c(Br)c2)cc1. The van der Waals surface area contributed by atoms with E-state index >= 15 is 0 Å². The molecule has 9 nitrogen and oxygen atoms in total. The van der Waals surface area contributed by atoms with E-state index in [9.17, 15) is 18.0 Å². The lowest BCUT2D eigenvalue weighted by atomic mass is 10.2. The van der Waals surface area contributed by atoms with Gasteiger partial charge in [0.1, 0.15) is 5.82 Å². The second-order valence-corrected chi connectivity index (χ2v) is 9.41. The van der Waals surface area contributed by atoms with E-state index in [0.29, 0.717) is 22.9 Å². The molecule has 4 N–H and O–H groups in total. The van der Waals surface area contributed by atoms with E-state index in [1.54, 1.807) is 12.1 Å². The van der Waals surface area contributed by atoms with Crippen LogP contribution in [0.4, 0.5) is 10.1 Å². The summed E-state index contributed by atoms with van der Waals surface area (Å²) in [7, 11) is -3.73. The Bertz CT molecular complexity index is 1170. The summed E-state index contributed by atoms with van der Waals surface area (Å²) in [5.41, 5.74) is 1.55. The Balaban J connectivity index is 1.65. The number of sulfonamides is 1. The van der Waals surface area contributed by atoms with Gasteiger partial charge in [0.25, 0.3) is 0 Å². The van der Waals surface area contributed by atoms with Crippen LogP contribution in [0.1, 0.15) is 11.3 Å². The van der Waals surface area contributed by atoms with Gasteiger partial charge in [-0.05, 0) is 68.6 Å². The van der Waals surface area contributed by atoms with Crippen LogP contribution in [0.3, 0.4) is 0 Å². The number of hydrogen-bond acceptors (Lipinski definition) is 8. The Labute approximate surface area is 183 Å². The van der Waals surface area contributed by atoms with Gasteiger partial charge in [-0.15, -0.1) is 11.8 Å².